The number of hydrogen-bond donors (Lipinski definition) is 1. The summed E-state index contributed by atoms with van der Waals surface area (Å²) in [5.41, 5.74) is 2.95. The molecule has 166 valence electrons. The third-order valence-electron chi connectivity index (χ3n) is 5.86. The predicted molar refractivity (Wildman–Crippen MR) is 127 cm³/mol. The molecule has 2 aromatic carbocycles. The van der Waals surface area contributed by atoms with Gasteiger partial charge in [0, 0.05) is 41.1 Å². The summed E-state index contributed by atoms with van der Waals surface area (Å²) in [6.45, 7) is 1.42. The highest BCUT2D eigenvalue weighted by atomic mass is 35.5. The first-order chi connectivity index (χ1) is 15.4. The van der Waals surface area contributed by atoms with E-state index in [1.807, 2.05) is 18.2 Å². The number of anilines is 3. The van der Waals surface area contributed by atoms with Gasteiger partial charge < -0.3 is 9.80 Å². The Morgan fingerprint density at radius 2 is 1.94 bits per heavy atom. The van der Waals surface area contributed by atoms with Crippen LogP contribution in [0.4, 0.5) is 16.5 Å². The van der Waals surface area contributed by atoms with Crippen LogP contribution in [-0.2, 0) is 21.2 Å². The molecular weight excluding hydrogens is 468 g/mol. The lowest BCUT2D eigenvalue weighted by Crippen LogP contribution is -2.44. The molecule has 1 amide bonds. The number of nitrogens with zero attached hydrogens (tertiary/aromatic N) is 3. The van der Waals surface area contributed by atoms with E-state index in [2.05, 4.69) is 14.6 Å². The molecule has 0 bridgehead atoms. The molecule has 1 N–H and O–H groups in total. The van der Waals surface area contributed by atoms with Gasteiger partial charge in [-0.25, -0.2) is 13.4 Å². The zero-order chi connectivity index (χ0) is 22.3. The number of carbonyl (C=O) groups is 1. The molecule has 2 aliphatic rings. The van der Waals surface area contributed by atoms with E-state index in [1.54, 1.807) is 22.4 Å². The van der Waals surface area contributed by atoms with Gasteiger partial charge in [0.25, 0.3) is 10.0 Å². The predicted octanol–water partition coefficient (Wildman–Crippen LogP) is 4.16. The molecule has 1 aromatic heterocycles. The summed E-state index contributed by atoms with van der Waals surface area (Å²) in [6, 6.07) is 12.0. The van der Waals surface area contributed by atoms with Gasteiger partial charge >= 0.3 is 0 Å². The Morgan fingerprint density at radius 3 is 2.69 bits per heavy atom. The average Bonchev–Trinajstić information content (AvgIpc) is 3.42. The summed E-state index contributed by atoms with van der Waals surface area (Å²) in [4.78, 5) is 21.3. The number of nitrogens with one attached hydrogen (secondary N) is 1. The molecule has 5 rings (SSSR count). The Hall–Kier alpha value is -2.62. The quantitative estimate of drug-likeness (QED) is 0.583. The number of amides is 1. The lowest BCUT2D eigenvalue weighted by molar-refractivity contribution is -0.118. The minimum Gasteiger partial charge on any atom is -0.359 e. The van der Waals surface area contributed by atoms with Gasteiger partial charge in [-0.3, -0.25) is 9.52 Å². The van der Waals surface area contributed by atoms with Crippen molar-refractivity contribution < 1.29 is 13.2 Å². The number of hydrogen-bond acceptors (Lipinski definition) is 6. The zero-order valence-electron chi connectivity index (χ0n) is 17.1. The van der Waals surface area contributed by atoms with Crippen molar-refractivity contribution in [1.29, 1.82) is 0 Å². The van der Waals surface area contributed by atoms with E-state index in [1.165, 1.54) is 35.2 Å². The number of thiazole rings is 1. The van der Waals surface area contributed by atoms with E-state index >= 15 is 0 Å². The number of aromatic nitrogens is 1. The zero-order valence-corrected chi connectivity index (χ0v) is 19.5. The monoisotopic (exact) mass is 488 g/mol. The minimum absolute atomic E-state index is 0.0318. The van der Waals surface area contributed by atoms with Crippen LogP contribution < -0.4 is 14.5 Å². The van der Waals surface area contributed by atoms with Crippen LogP contribution in [-0.4, -0.2) is 38.4 Å². The van der Waals surface area contributed by atoms with Crippen molar-refractivity contribution in [2.75, 3.05) is 27.6 Å². The van der Waals surface area contributed by atoms with Gasteiger partial charge in [0.2, 0.25) is 5.91 Å². The molecule has 1 fully saturated rings. The summed E-state index contributed by atoms with van der Waals surface area (Å²) >= 11 is 7.37. The van der Waals surface area contributed by atoms with E-state index in [-0.39, 0.29) is 16.8 Å². The van der Waals surface area contributed by atoms with E-state index in [0.717, 1.165) is 25.1 Å². The summed E-state index contributed by atoms with van der Waals surface area (Å²) in [7, 11) is -3.73. The SMILES string of the molecule is O=C1C(N2CCCc3cc(Cl)ccc32)CCN1c1ccc(S(=O)(=O)Nc2nccs2)cc1. The van der Waals surface area contributed by atoms with Gasteiger partial charge in [-0.05, 0) is 67.3 Å². The fourth-order valence-corrected chi connectivity index (χ4v) is 6.37. The molecule has 0 aliphatic carbocycles. The summed E-state index contributed by atoms with van der Waals surface area (Å²) < 4.78 is 27.6. The first-order valence-electron chi connectivity index (χ1n) is 10.3. The summed E-state index contributed by atoms with van der Waals surface area (Å²) in [5.74, 6) is 0.0318. The Kier molecular flexibility index (Phi) is 5.56. The molecule has 0 radical (unpaired) electrons. The van der Waals surface area contributed by atoms with Gasteiger partial charge in [-0.1, -0.05) is 11.6 Å². The van der Waals surface area contributed by atoms with Crippen molar-refractivity contribution in [3.63, 3.8) is 0 Å². The molecular formula is C22H21ClN4O3S2. The maximum atomic E-state index is 13.3. The number of benzene rings is 2. The van der Waals surface area contributed by atoms with Gasteiger partial charge in [-0.15, -0.1) is 11.3 Å². The van der Waals surface area contributed by atoms with E-state index < -0.39 is 10.0 Å². The molecule has 3 heterocycles. The van der Waals surface area contributed by atoms with Crippen molar-refractivity contribution in [2.24, 2.45) is 0 Å². The van der Waals surface area contributed by atoms with E-state index in [4.69, 9.17) is 11.6 Å². The first kappa shape index (κ1) is 21.2. The number of sulfonamides is 1. The van der Waals surface area contributed by atoms with Crippen LogP contribution in [0.15, 0.2) is 58.9 Å². The van der Waals surface area contributed by atoms with Gasteiger partial charge in [-0.2, -0.15) is 0 Å². The smallest absolute Gasteiger partial charge is 0.263 e. The van der Waals surface area contributed by atoms with Crippen LogP contribution >= 0.6 is 22.9 Å². The second-order valence-corrected chi connectivity index (χ2v) is 10.8. The van der Waals surface area contributed by atoms with Crippen LogP contribution in [0.5, 0.6) is 0 Å². The van der Waals surface area contributed by atoms with E-state index in [9.17, 15) is 13.2 Å². The fourth-order valence-electron chi connectivity index (χ4n) is 4.38. The fraction of sp³-hybridized carbons (Fsp3) is 0.273. The van der Waals surface area contributed by atoms with Gasteiger partial charge in [0.1, 0.15) is 6.04 Å². The van der Waals surface area contributed by atoms with E-state index in [0.29, 0.717) is 28.8 Å². The normalized spacial score (nSPS) is 18.7. The topological polar surface area (TPSA) is 82.6 Å². The number of fused-ring (bicyclic) bond motifs is 1. The summed E-state index contributed by atoms with van der Waals surface area (Å²) in [6.07, 6.45) is 4.20. The van der Waals surface area contributed by atoms with Crippen LogP contribution in [0.1, 0.15) is 18.4 Å². The van der Waals surface area contributed by atoms with Crippen molar-refractivity contribution in [1.82, 2.24) is 4.98 Å². The van der Waals surface area contributed by atoms with Crippen molar-refractivity contribution >= 4 is 55.4 Å². The summed E-state index contributed by atoms with van der Waals surface area (Å²) in [5, 5.41) is 2.73. The van der Waals surface area contributed by atoms with Crippen molar-refractivity contribution in [3.8, 4) is 0 Å². The maximum absolute atomic E-state index is 13.3. The highest BCUT2D eigenvalue weighted by molar-refractivity contribution is 7.93. The Labute approximate surface area is 195 Å². The second kappa shape index (κ2) is 8.38. The van der Waals surface area contributed by atoms with Crippen LogP contribution in [0, 0.1) is 0 Å². The Morgan fingerprint density at radius 1 is 1.12 bits per heavy atom. The van der Waals surface area contributed by atoms with Crippen molar-refractivity contribution in [2.45, 2.75) is 30.2 Å². The number of halogens is 1. The second-order valence-electron chi connectivity index (χ2n) is 7.80. The molecule has 0 spiro atoms. The average molecular weight is 489 g/mol. The molecule has 1 unspecified atom stereocenters. The minimum atomic E-state index is -3.73. The number of rotatable bonds is 5. The molecule has 3 aromatic rings. The Bertz CT molecular complexity index is 1250. The standard InChI is InChI=1S/C22H21ClN4O3S2/c23-16-3-8-19-15(14-16)2-1-11-27(19)20-9-12-26(21(20)28)17-4-6-18(7-5-17)32(29,30)25-22-24-10-13-31-22/h3-8,10,13-14,20H,1-2,9,11-12H2,(H,24,25). The largest absolute Gasteiger partial charge is 0.359 e. The number of carbonyl (C=O) groups excluding carboxylic acids is 1. The van der Waals surface area contributed by atoms with Gasteiger partial charge in [0.05, 0.1) is 4.90 Å². The van der Waals surface area contributed by atoms with Crippen LogP contribution in [0.3, 0.4) is 0 Å². The molecule has 7 nitrogen and oxygen atoms in total. The first-order valence-corrected chi connectivity index (χ1v) is 13.1. The molecule has 1 atom stereocenters. The Balaban J connectivity index is 1.34. The third-order valence-corrected chi connectivity index (χ3v) is 8.27. The lowest BCUT2D eigenvalue weighted by Gasteiger charge is -2.35. The van der Waals surface area contributed by atoms with Gasteiger partial charge in [0.15, 0.2) is 5.13 Å². The number of aryl methyl sites for hydroxylation is 1. The molecule has 2 aliphatic heterocycles. The molecule has 0 saturated carbocycles. The van der Waals surface area contributed by atoms with Crippen LogP contribution in [0.2, 0.25) is 5.02 Å². The molecule has 32 heavy (non-hydrogen) atoms. The third kappa shape index (κ3) is 3.96. The molecule has 10 heteroatoms. The van der Waals surface area contributed by atoms with Crippen molar-refractivity contribution in [3.05, 3.63) is 64.6 Å². The van der Waals surface area contributed by atoms with Crippen LogP contribution in [0.25, 0.3) is 0 Å². The molecule has 1 saturated heterocycles. The maximum Gasteiger partial charge on any atom is 0.263 e. The highest BCUT2D eigenvalue weighted by Crippen LogP contribution is 2.35. The highest BCUT2D eigenvalue weighted by Gasteiger charge is 2.38. The lowest BCUT2D eigenvalue weighted by atomic mass is 9.99.